The van der Waals surface area contributed by atoms with Crippen molar-refractivity contribution < 1.29 is 9.32 Å². The van der Waals surface area contributed by atoms with Crippen LogP contribution in [0.25, 0.3) is 0 Å². The third kappa shape index (κ3) is 1.44. The van der Waals surface area contributed by atoms with E-state index in [0.29, 0.717) is 11.3 Å². The Hall–Kier alpha value is -1.90. The molecule has 1 aromatic carbocycles. The summed E-state index contributed by atoms with van der Waals surface area (Å²) in [7, 11) is 0. The molecule has 0 aliphatic rings. The molecule has 0 radical (unpaired) electrons. The van der Waals surface area contributed by atoms with E-state index in [9.17, 15) is 4.79 Å². The Bertz CT molecular complexity index is 446. The third-order valence-corrected chi connectivity index (χ3v) is 2.06. The highest BCUT2D eigenvalue weighted by Gasteiger charge is 2.13. The summed E-state index contributed by atoms with van der Waals surface area (Å²) in [6, 6.07) is 8.98. The summed E-state index contributed by atoms with van der Waals surface area (Å²) in [5.74, 6) is -0.100. The van der Waals surface area contributed by atoms with Crippen molar-refractivity contribution in [3.63, 3.8) is 0 Å². The van der Waals surface area contributed by atoms with Crippen LogP contribution in [0.4, 0.5) is 0 Å². The topological polar surface area (TPSA) is 43.1 Å². The summed E-state index contributed by atoms with van der Waals surface area (Å²) in [6.45, 7) is 1.90. The van der Waals surface area contributed by atoms with E-state index in [1.54, 1.807) is 12.1 Å². The first-order chi connectivity index (χ1) is 6.79. The second kappa shape index (κ2) is 3.46. The minimum absolute atomic E-state index is 0.100. The molecule has 0 aliphatic carbocycles. The summed E-state index contributed by atoms with van der Waals surface area (Å²) in [4.78, 5) is 11.8. The number of benzene rings is 1. The van der Waals surface area contributed by atoms with Crippen LogP contribution in [0.5, 0.6) is 0 Å². The number of nitrogens with zero attached hydrogens (tertiary/aromatic N) is 1. The number of carbonyl (C=O) groups excluding carboxylic acids is 1. The van der Waals surface area contributed by atoms with E-state index in [-0.39, 0.29) is 5.78 Å². The van der Waals surface area contributed by atoms with Gasteiger partial charge in [0.2, 0.25) is 5.78 Å². The first-order valence-electron chi connectivity index (χ1n) is 4.30. The van der Waals surface area contributed by atoms with Crippen molar-refractivity contribution in [2.75, 3.05) is 0 Å². The van der Waals surface area contributed by atoms with Gasteiger partial charge in [0.1, 0.15) is 6.26 Å². The zero-order valence-corrected chi connectivity index (χ0v) is 7.73. The first kappa shape index (κ1) is 8.69. The molecule has 70 valence electrons. The lowest BCUT2D eigenvalue weighted by atomic mass is 10.0. The van der Waals surface area contributed by atoms with Gasteiger partial charge in [0.25, 0.3) is 0 Å². The second-order valence-electron chi connectivity index (χ2n) is 3.03. The van der Waals surface area contributed by atoms with Crippen LogP contribution < -0.4 is 0 Å². The van der Waals surface area contributed by atoms with Crippen molar-refractivity contribution in [3.8, 4) is 0 Å². The van der Waals surface area contributed by atoms with Gasteiger partial charge in [0.15, 0.2) is 5.69 Å². The molecule has 3 heteroatoms. The molecule has 2 rings (SSSR count). The molecule has 0 atom stereocenters. The van der Waals surface area contributed by atoms with Crippen molar-refractivity contribution in [2.45, 2.75) is 6.92 Å². The number of aryl methyl sites for hydroxylation is 1. The van der Waals surface area contributed by atoms with Gasteiger partial charge in [-0.3, -0.25) is 4.79 Å². The third-order valence-electron chi connectivity index (χ3n) is 2.06. The Morgan fingerprint density at radius 2 is 2.07 bits per heavy atom. The first-order valence-corrected chi connectivity index (χ1v) is 4.30. The minimum atomic E-state index is -0.100. The quantitative estimate of drug-likeness (QED) is 0.677. The lowest BCUT2D eigenvalue weighted by Crippen LogP contribution is -2.03. The van der Waals surface area contributed by atoms with Crippen molar-refractivity contribution in [1.29, 1.82) is 0 Å². The number of ketones is 1. The summed E-state index contributed by atoms with van der Waals surface area (Å²) in [6.07, 6.45) is 1.39. The van der Waals surface area contributed by atoms with E-state index >= 15 is 0 Å². The van der Waals surface area contributed by atoms with Gasteiger partial charge in [-0.25, -0.2) is 0 Å². The number of hydrogen-bond acceptors (Lipinski definition) is 3. The molecule has 2 aromatic rings. The Morgan fingerprint density at radius 1 is 1.29 bits per heavy atom. The smallest absolute Gasteiger partial charge is 0.215 e. The highest BCUT2D eigenvalue weighted by atomic mass is 16.5. The maximum Gasteiger partial charge on any atom is 0.215 e. The average molecular weight is 187 g/mol. The lowest BCUT2D eigenvalue weighted by Gasteiger charge is -2.00. The molecule has 1 heterocycles. The van der Waals surface area contributed by atoms with Crippen LogP contribution in [0.3, 0.4) is 0 Å². The van der Waals surface area contributed by atoms with Gasteiger partial charge < -0.3 is 4.52 Å². The molecule has 0 spiro atoms. The molecule has 0 aliphatic heterocycles. The van der Waals surface area contributed by atoms with Crippen LogP contribution in [0.2, 0.25) is 0 Å². The normalized spacial score (nSPS) is 10.1. The van der Waals surface area contributed by atoms with Crippen molar-refractivity contribution in [3.05, 3.63) is 53.4 Å². The number of aromatic nitrogens is 1. The van der Waals surface area contributed by atoms with Gasteiger partial charge in [-0.15, -0.1) is 0 Å². The van der Waals surface area contributed by atoms with Crippen LogP contribution in [-0.4, -0.2) is 10.9 Å². The number of hydrogen-bond donors (Lipinski definition) is 0. The van der Waals surface area contributed by atoms with Gasteiger partial charge >= 0.3 is 0 Å². The lowest BCUT2D eigenvalue weighted by molar-refractivity contribution is 0.103. The summed E-state index contributed by atoms with van der Waals surface area (Å²) in [5, 5.41) is 3.61. The van der Waals surface area contributed by atoms with E-state index in [0.717, 1.165) is 5.56 Å². The maximum atomic E-state index is 11.8. The summed E-state index contributed by atoms with van der Waals surface area (Å²) < 4.78 is 4.63. The van der Waals surface area contributed by atoms with Gasteiger partial charge in [-0.2, -0.15) is 0 Å². The number of rotatable bonds is 2. The van der Waals surface area contributed by atoms with E-state index in [1.807, 2.05) is 25.1 Å². The monoisotopic (exact) mass is 187 g/mol. The number of carbonyl (C=O) groups is 1. The zero-order valence-electron chi connectivity index (χ0n) is 7.73. The van der Waals surface area contributed by atoms with Crippen molar-refractivity contribution >= 4 is 5.78 Å². The fourth-order valence-corrected chi connectivity index (χ4v) is 1.30. The Kier molecular flexibility index (Phi) is 2.14. The fraction of sp³-hybridized carbons (Fsp3) is 0.0909. The Morgan fingerprint density at radius 3 is 2.71 bits per heavy atom. The molecule has 0 N–H and O–H groups in total. The molecular weight excluding hydrogens is 178 g/mol. The van der Waals surface area contributed by atoms with Crippen LogP contribution in [0.15, 0.2) is 41.1 Å². The predicted octanol–water partition coefficient (Wildman–Crippen LogP) is 2.21. The predicted molar refractivity (Wildman–Crippen MR) is 51.1 cm³/mol. The van der Waals surface area contributed by atoms with E-state index in [4.69, 9.17) is 0 Å². The van der Waals surface area contributed by atoms with E-state index in [2.05, 4.69) is 9.68 Å². The standard InChI is InChI=1S/C11H9NO2/c1-8-4-2-3-5-9(8)11(13)10-6-7-14-12-10/h2-7H,1H3. The van der Waals surface area contributed by atoms with Crippen LogP contribution >= 0.6 is 0 Å². The van der Waals surface area contributed by atoms with E-state index < -0.39 is 0 Å². The molecule has 0 amide bonds. The van der Waals surface area contributed by atoms with Crippen LogP contribution in [0.1, 0.15) is 21.6 Å². The van der Waals surface area contributed by atoms with Gasteiger partial charge in [0, 0.05) is 11.6 Å². The van der Waals surface area contributed by atoms with Crippen LogP contribution in [-0.2, 0) is 0 Å². The van der Waals surface area contributed by atoms with Gasteiger partial charge in [-0.1, -0.05) is 29.4 Å². The fourth-order valence-electron chi connectivity index (χ4n) is 1.30. The molecule has 0 saturated heterocycles. The molecule has 1 aromatic heterocycles. The Labute approximate surface area is 81.3 Å². The zero-order chi connectivity index (χ0) is 9.97. The Balaban J connectivity index is 2.42. The molecule has 14 heavy (non-hydrogen) atoms. The summed E-state index contributed by atoms with van der Waals surface area (Å²) >= 11 is 0. The minimum Gasteiger partial charge on any atom is -0.364 e. The van der Waals surface area contributed by atoms with Gasteiger partial charge in [0.05, 0.1) is 0 Å². The SMILES string of the molecule is Cc1ccccc1C(=O)c1ccon1. The molecule has 0 saturated carbocycles. The molecular formula is C11H9NO2. The average Bonchev–Trinajstić information content (AvgIpc) is 2.70. The second-order valence-corrected chi connectivity index (χ2v) is 3.03. The van der Waals surface area contributed by atoms with Crippen LogP contribution in [0, 0.1) is 6.92 Å². The highest BCUT2D eigenvalue weighted by molar-refractivity contribution is 6.08. The molecule has 0 bridgehead atoms. The maximum absolute atomic E-state index is 11.8. The summed E-state index contributed by atoms with van der Waals surface area (Å²) in [5.41, 5.74) is 1.96. The molecule has 0 fully saturated rings. The van der Waals surface area contributed by atoms with Crippen molar-refractivity contribution in [1.82, 2.24) is 5.16 Å². The van der Waals surface area contributed by atoms with E-state index in [1.165, 1.54) is 6.26 Å². The van der Waals surface area contributed by atoms with Gasteiger partial charge in [-0.05, 0) is 12.5 Å². The largest absolute Gasteiger partial charge is 0.364 e. The molecule has 0 unspecified atom stereocenters. The highest BCUT2D eigenvalue weighted by Crippen LogP contribution is 2.11. The van der Waals surface area contributed by atoms with Crippen molar-refractivity contribution in [2.24, 2.45) is 0 Å². The molecule has 3 nitrogen and oxygen atoms in total.